The second kappa shape index (κ2) is 7.99. The summed E-state index contributed by atoms with van der Waals surface area (Å²) in [6.07, 6.45) is 4.93. The molecule has 0 saturated heterocycles. The number of allylic oxidation sites excluding steroid dienone is 1. The average molecular weight is 393 g/mol. The van der Waals surface area contributed by atoms with E-state index >= 15 is 0 Å². The lowest BCUT2D eigenvalue weighted by Crippen LogP contribution is -2.12. The number of rotatable bonds is 3. The Kier molecular flexibility index (Phi) is 5.28. The topological polar surface area (TPSA) is 24.4 Å². The van der Waals surface area contributed by atoms with Gasteiger partial charge in [0.2, 0.25) is 0 Å². The zero-order valence-electron chi connectivity index (χ0n) is 14.6. The van der Waals surface area contributed by atoms with Crippen LogP contribution in [0, 0.1) is 0 Å². The normalized spacial score (nSPS) is 16.4. The second-order valence-corrected chi connectivity index (χ2v) is 7.33. The molecule has 0 saturated carbocycles. The first-order valence-corrected chi connectivity index (χ1v) is 9.55. The maximum absolute atomic E-state index is 6.06. The summed E-state index contributed by atoms with van der Waals surface area (Å²) in [6, 6.07) is 24.0. The molecule has 1 N–H and O–H groups in total. The Morgan fingerprint density at radius 3 is 2.22 bits per heavy atom. The summed E-state index contributed by atoms with van der Waals surface area (Å²) >= 11 is 12.0. The van der Waals surface area contributed by atoms with Crippen LogP contribution in [0.5, 0.6) is 0 Å². The maximum atomic E-state index is 6.06. The number of nitrogens with one attached hydrogen (secondary N) is 1. The maximum Gasteiger partial charge on any atom is 0.0864 e. The summed E-state index contributed by atoms with van der Waals surface area (Å²) in [4.78, 5) is 4.88. The van der Waals surface area contributed by atoms with Gasteiger partial charge < -0.3 is 5.32 Å². The number of hydrogen-bond acceptors (Lipinski definition) is 2. The summed E-state index contributed by atoms with van der Waals surface area (Å²) in [5.74, 6) is 0. The molecule has 1 aliphatic rings. The summed E-state index contributed by atoms with van der Waals surface area (Å²) in [6.45, 7) is 0. The first-order chi connectivity index (χ1) is 13.2. The molecule has 0 fully saturated rings. The van der Waals surface area contributed by atoms with Crippen molar-refractivity contribution >= 4 is 46.4 Å². The van der Waals surface area contributed by atoms with Crippen LogP contribution in [0.2, 0.25) is 10.0 Å². The Hall–Kier alpha value is -2.55. The fourth-order valence-corrected chi connectivity index (χ4v) is 3.36. The molecule has 1 unspecified atom stereocenters. The molecule has 1 heterocycles. The molecule has 0 aromatic heterocycles. The highest BCUT2D eigenvalue weighted by Gasteiger charge is 2.18. The van der Waals surface area contributed by atoms with E-state index in [1.54, 1.807) is 0 Å². The summed E-state index contributed by atoms with van der Waals surface area (Å²) in [5.41, 5.74) is 5.28. The van der Waals surface area contributed by atoms with E-state index in [9.17, 15) is 0 Å². The van der Waals surface area contributed by atoms with Crippen LogP contribution in [0.15, 0.2) is 83.9 Å². The zero-order chi connectivity index (χ0) is 18.6. The molecular formula is C23H18Cl2N2. The van der Waals surface area contributed by atoms with Crippen molar-refractivity contribution in [2.24, 2.45) is 4.99 Å². The third kappa shape index (κ3) is 4.41. The van der Waals surface area contributed by atoms with Gasteiger partial charge in [-0.2, -0.15) is 0 Å². The van der Waals surface area contributed by atoms with Gasteiger partial charge in [-0.05, 0) is 53.6 Å². The van der Waals surface area contributed by atoms with E-state index in [0.717, 1.165) is 39.1 Å². The number of halogens is 2. The Bertz CT molecular complexity index is 990. The lowest BCUT2D eigenvalue weighted by atomic mass is 10.0. The van der Waals surface area contributed by atoms with Crippen LogP contribution in [-0.2, 0) is 0 Å². The average Bonchev–Trinajstić information content (AvgIpc) is 2.87. The minimum Gasteiger partial charge on any atom is -0.376 e. The van der Waals surface area contributed by atoms with Gasteiger partial charge in [-0.15, -0.1) is 0 Å². The standard InChI is InChI=1S/C23H18Cl2N2/c24-18-10-5-16(6-11-18)7-14-20-15-23(17-8-12-19(25)13-9-17)27-22-4-2-1-3-21(22)26-20/h1-14,23,27H,15H2. The minimum atomic E-state index is 0.125. The van der Waals surface area contributed by atoms with E-state index in [1.165, 1.54) is 5.56 Å². The predicted octanol–water partition coefficient (Wildman–Crippen LogP) is 7.34. The van der Waals surface area contributed by atoms with Crippen LogP contribution in [0.1, 0.15) is 23.6 Å². The SMILES string of the molecule is Clc1ccc(C=CC2=Nc3ccccc3NC(c3ccc(Cl)cc3)C2)cc1. The Morgan fingerprint density at radius 2 is 1.48 bits per heavy atom. The molecule has 134 valence electrons. The van der Waals surface area contributed by atoms with Crippen molar-refractivity contribution in [2.45, 2.75) is 12.5 Å². The van der Waals surface area contributed by atoms with Crippen molar-refractivity contribution in [3.63, 3.8) is 0 Å². The number of benzene rings is 3. The summed E-state index contributed by atoms with van der Waals surface area (Å²) in [7, 11) is 0. The van der Waals surface area contributed by atoms with E-state index in [4.69, 9.17) is 28.2 Å². The fraction of sp³-hybridized carbons (Fsp3) is 0.0870. The van der Waals surface area contributed by atoms with Crippen molar-refractivity contribution < 1.29 is 0 Å². The van der Waals surface area contributed by atoms with Crippen molar-refractivity contribution in [3.8, 4) is 0 Å². The van der Waals surface area contributed by atoms with Crippen LogP contribution < -0.4 is 5.32 Å². The van der Waals surface area contributed by atoms with Gasteiger partial charge in [0, 0.05) is 22.2 Å². The molecule has 0 bridgehead atoms. The van der Waals surface area contributed by atoms with Gasteiger partial charge in [0.1, 0.15) is 0 Å². The molecule has 0 spiro atoms. The largest absolute Gasteiger partial charge is 0.376 e. The second-order valence-electron chi connectivity index (χ2n) is 6.46. The number of nitrogens with zero attached hydrogens (tertiary/aromatic N) is 1. The third-order valence-corrected chi connectivity index (χ3v) is 5.03. The predicted molar refractivity (Wildman–Crippen MR) is 116 cm³/mol. The molecule has 2 nitrogen and oxygen atoms in total. The van der Waals surface area contributed by atoms with Crippen LogP contribution in [-0.4, -0.2) is 5.71 Å². The number of hydrogen-bond donors (Lipinski definition) is 1. The number of aliphatic imine (C=N–C) groups is 1. The van der Waals surface area contributed by atoms with E-state index < -0.39 is 0 Å². The van der Waals surface area contributed by atoms with Gasteiger partial charge in [0.25, 0.3) is 0 Å². The van der Waals surface area contributed by atoms with Crippen molar-refractivity contribution in [1.82, 2.24) is 0 Å². The first-order valence-electron chi connectivity index (χ1n) is 8.80. The van der Waals surface area contributed by atoms with Crippen molar-refractivity contribution in [1.29, 1.82) is 0 Å². The zero-order valence-corrected chi connectivity index (χ0v) is 16.1. The van der Waals surface area contributed by atoms with Crippen LogP contribution in [0.4, 0.5) is 11.4 Å². The number of para-hydroxylation sites is 2. The molecule has 4 rings (SSSR count). The Morgan fingerprint density at radius 1 is 0.815 bits per heavy atom. The van der Waals surface area contributed by atoms with Gasteiger partial charge in [-0.1, -0.05) is 65.7 Å². The van der Waals surface area contributed by atoms with Crippen molar-refractivity contribution in [3.05, 3.63) is 100 Å². The third-order valence-electron chi connectivity index (χ3n) is 4.52. The highest BCUT2D eigenvalue weighted by Crippen LogP contribution is 2.34. The molecule has 3 aromatic rings. The highest BCUT2D eigenvalue weighted by atomic mass is 35.5. The monoisotopic (exact) mass is 392 g/mol. The van der Waals surface area contributed by atoms with E-state index in [2.05, 4.69) is 35.7 Å². The van der Waals surface area contributed by atoms with Crippen LogP contribution in [0.25, 0.3) is 6.08 Å². The van der Waals surface area contributed by atoms with Gasteiger partial charge in [-0.3, -0.25) is 4.99 Å². The molecule has 4 heteroatoms. The van der Waals surface area contributed by atoms with E-state index in [0.29, 0.717) is 0 Å². The van der Waals surface area contributed by atoms with E-state index in [-0.39, 0.29) is 6.04 Å². The smallest absolute Gasteiger partial charge is 0.0864 e. The lowest BCUT2D eigenvalue weighted by Gasteiger charge is -2.18. The number of anilines is 1. The molecular weight excluding hydrogens is 375 g/mol. The first kappa shape index (κ1) is 17.8. The summed E-state index contributed by atoms with van der Waals surface area (Å²) in [5, 5.41) is 5.10. The molecule has 0 radical (unpaired) electrons. The Labute approximate surface area is 169 Å². The molecule has 27 heavy (non-hydrogen) atoms. The summed E-state index contributed by atoms with van der Waals surface area (Å²) < 4.78 is 0. The Balaban J connectivity index is 1.67. The molecule has 1 atom stereocenters. The molecule has 3 aromatic carbocycles. The van der Waals surface area contributed by atoms with Gasteiger partial charge in [0.15, 0.2) is 0 Å². The van der Waals surface area contributed by atoms with Gasteiger partial charge in [0.05, 0.1) is 17.4 Å². The molecule has 1 aliphatic heterocycles. The quantitative estimate of drug-likeness (QED) is 0.495. The van der Waals surface area contributed by atoms with Crippen LogP contribution in [0.3, 0.4) is 0 Å². The van der Waals surface area contributed by atoms with Crippen molar-refractivity contribution in [2.75, 3.05) is 5.32 Å². The molecule has 0 aliphatic carbocycles. The molecule has 0 amide bonds. The fourth-order valence-electron chi connectivity index (χ4n) is 3.11. The van der Waals surface area contributed by atoms with Crippen LogP contribution >= 0.6 is 23.2 Å². The van der Waals surface area contributed by atoms with Gasteiger partial charge in [-0.25, -0.2) is 0 Å². The highest BCUT2D eigenvalue weighted by molar-refractivity contribution is 6.30. The van der Waals surface area contributed by atoms with Gasteiger partial charge >= 0.3 is 0 Å². The lowest BCUT2D eigenvalue weighted by molar-refractivity contribution is 0.830. The minimum absolute atomic E-state index is 0.125. The number of fused-ring (bicyclic) bond motifs is 1. The van der Waals surface area contributed by atoms with E-state index in [1.807, 2.05) is 54.6 Å².